The van der Waals surface area contributed by atoms with Crippen LogP contribution in [0.1, 0.15) is 52.5 Å². The number of amides is 1. The number of alkyl halides is 2. The molecule has 1 aliphatic rings. The molecular weight excluding hydrogens is 448 g/mol. The number of carbonyl (C=O) groups excluding carboxylic acids is 1. The van der Waals surface area contributed by atoms with Gasteiger partial charge in [-0.3, -0.25) is 4.18 Å². The van der Waals surface area contributed by atoms with Gasteiger partial charge >= 0.3 is 12.7 Å². The number of benzene rings is 1. The smallest absolute Gasteiger partial charge is 0.410 e. The summed E-state index contributed by atoms with van der Waals surface area (Å²) in [5.41, 5.74) is 0.00176. The van der Waals surface area contributed by atoms with Gasteiger partial charge in [0.2, 0.25) is 0 Å². The summed E-state index contributed by atoms with van der Waals surface area (Å²) in [5, 5.41) is 0. The lowest BCUT2D eigenvalue weighted by molar-refractivity contribution is -0.0519. The van der Waals surface area contributed by atoms with Gasteiger partial charge in [-0.25, -0.2) is 4.79 Å². The van der Waals surface area contributed by atoms with Crippen LogP contribution < -0.4 is 9.47 Å². The minimum Gasteiger partial charge on any atom is -0.487 e. The van der Waals surface area contributed by atoms with Crippen LogP contribution in [0, 0.1) is 0 Å². The predicted molar refractivity (Wildman–Crippen MR) is 114 cm³/mol. The first-order chi connectivity index (χ1) is 14.6. The van der Waals surface area contributed by atoms with E-state index in [0.717, 1.165) is 11.8 Å². The maximum absolute atomic E-state index is 12.7. The summed E-state index contributed by atoms with van der Waals surface area (Å²) in [5.74, 6) is -0.139. The minimum atomic E-state index is -3.70. The zero-order valence-corrected chi connectivity index (χ0v) is 19.9. The fourth-order valence-electron chi connectivity index (χ4n) is 3.38. The molecule has 1 heterocycles. The highest BCUT2D eigenvalue weighted by Gasteiger charge is 2.39. The number of likely N-dealkylation sites (tertiary alicyclic amines) is 1. The van der Waals surface area contributed by atoms with E-state index < -0.39 is 34.5 Å². The normalized spacial score (nSPS) is 19.5. The van der Waals surface area contributed by atoms with Gasteiger partial charge in [-0.2, -0.15) is 17.2 Å². The van der Waals surface area contributed by atoms with Crippen LogP contribution in [-0.2, 0) is 19.0 Å². The zero-order chi connectivity index (χ0) is 24.3. The van der Waals surface area contributed by atoms with Gasteiger partial charge in [0.15, 0.2) is 11.5 Å². The molecule has 1 aromatic rings. The lowest BCUT2D eigenvalue weighted by atomic mass is 9.96. The van der Waals surface area contributed by atoms with Crippen molar-refractivity contribution >= 4 is 16.2 Å². The molecule has 0 aliphatic carbocycles. The molecule has 1 saturated heterocycles. The molecule has 0 saturated carbocycles. The Labute approximate surface area is 187 Å². The molecule has 1 fully saturated rings. The van der Waals surface area contributed by atoms with E-state index in [1.54, 1.807) is 46.8 Å². The van der Waals surface area contributed by atoms with E-state index >= 15 is 0 Å². The maximum Gasteiger partial charge on any atom is 0.410 e. The van der Waals surface area contributed by atoms with Crippen LogP contribution in [-0.4, -0.2) is 63.2 Å². The summed E-state index contributed by atoms with van der Waals surface area (Å²) in [6, 6.07) is 4.09. The highest BCUT2D eigenvalue weighted by atomic mass is 32.2. The van der Waals surface area contributed by atoms with E-state index in [1.807, 2.05) is 0 Å². The molecule has 0 radical (unpaired) electrons. The van der Waals surface area contributed by atoms with Crippen molar-refractivity contribution in [3.8, 4) is 11.5 Å². The quantitative estimate of drug-likeness (QED) is 0.518. The van der Waals surface area contributed by atoms with Crippen molar-refractivity contribution in [1.82, 2.24) is 4.90 Å². The van der Waals surface area contributed by atoms with Crippen LogP contribution in [0.25, 0.3) is 0 Å². The van der Waals surface area contributed by atoms with Crippen LogP contribution in [0.5, 0.6) is 11.5 Å². The third-order valence-electron chi connectivity index (χ3n) is 4.53. The Hall–Kier alpha value is -2.14. The Kier molecular flexibility index (Phi) is 8.33. The second-order valence-electron chi connectivity index (χ2n) is 8.96. The zero-order valence-electron chi connectivity index (χ0n) is 19.1. The molecule has 0 bridgehead atoms. The van der Waals surface area contributed by atoms with Gasteiger partial charge in [0.1, 0.15) is 5.60 Å². The van der Waals surface area contributed by atoms with Crippen molar-refractivity contribution in [2.75, 3.05) is 19.4 Å². The monoisotopic (exact) mass is 479 g/mol. The second-order valence-corrected chi connectivity index (χ2v) is 10.6. The molecule has 2 atom stereocenters. The number of nitrogens with zero attached hydrogens (tertiary/aromatic N) is 1. The van der Waals surface area contributed by atoms with Gasteiger partial charge < -0.3 is 19.1 Å². The SMILES string of the molecule is CC(C)Oc1cc([C@@H]2C[C@@H](COS(C)(=O)=O)N(C(=O)OC(C)(C)C)C2)ccc1OC(F)F. The molecule has 0 aromatic heterocycles. The topological polar surface area (TPSA) is 91.4 Å². The number of halogens is 2. The molecule has 0 spiro atoms. The molecule has 1 aliphatic heterocycles. The number of hydrogen-bond donors (Lipinski definition) is 0. The van der Waals surface area contributed by atoms with E-state index in [4.69, 9.17) is 13.7 Å². The molecular formula is C21H31F2NO7S. The summed E-state index contributed by atoms with van der Waals surface area (Å²) in [4.78, 5) is 14.2. The third kappa shape index (κ3) is 8.09. The number of rotatable bonds is 8. The number of carbonyl (C=O) groups is 1. The van der Waals surface area contributed by atoms with Crippen molar-refractivity contribution < 1.29 is 40.4 Å². The van der Waals surface area contributed by atoms with Crippen molar-refractivity contribution in [1.29, 1.82) is 0 Å². The largest absolute Gasteiger partial charge is 0.487 e. The lowest BCUT2D eigenvalue weighted by Gasteiger charge is -2.28. The fraction of sp³-hybridized carbons (Fsp3) is 0.667. The number of hydrogen-bond acceptors (Lipinski definition) is 7. The molecule has 0 N–H and O–H groups in total. The fourth-order valence-corrected chi connectivity index (χ4v) is 3.78. The van der Waals surface area contributed by atoms with E-state index in [-0.39, 0.29) is 36.7 Å². The molecule has 32 heavy (non-hydrogen) atoms. The highest BCUT2D eigenvalue weighted by Crippen LogP contribution is 2.38. The summed E-state index contributed by atoms with van der Waals surface area (Å²) in [6.07, 6.45) is 0.473. The lowest BCUT2D eigenvalue weighted by Crippen LogP contribution is -2.42. The molecule has 1 amide bonds. The summed E-state index contributed by atoms with van der Waals surface area (Å²) >= 11 is 0. The Bertz CT molecular complexity index is 900. The van der Waals surface area contributed by atoms with E-state index in [2.05, 4.69) is 4.74 Å². The highest BCUT2D eigenvalue weighted by molar-refractivity contribution is 7.85. The summed E-state index contributed by atoms with van der Waals surface area (Å²) < 4.78 is 69.0. The number of ether oxygens (including phenoxy) is 3. The first-order valence-electron chi connectivity index (χ1n) is 10.2. The average Bonchev–Trinajstić information content (AvgIpc) is 3.03. The van der Waals surface area contributed by atoms with Crippen molar-refractivity contribution in [2.24, 2.45) is 0 Å². The van der Waals surface area contributed by atoms with Crippen molar-refractivity contribution in [3.63, 3.8) is 0 Å². The molecule has 11 heteroatoms. The second kappa shape index (κ2) is 10.2. The Morgan fingerprint density at radius 2 is 1.84 bits per heavy atom. The van der Waals surface area contributed by atoms with Crippen molar-refractivity contribution in [3.05, 3.63) is 23.8 Å². The van der Waals surface area contributed by atoms with E-state index in [9.17, 15) is 22.0 Å². The Morgan fingerprint density at radius 3 is 2.38 bits per heavy atom. The summed E-state index contributed by atoms with van der Waals surface area (Å²) in [7, 11) is -3.70. The average molecular weight is 480 g/mol. The standard InChI is InChI=1S/C21H31F2NO7S/c1-13(2)29-18-10-14(7-8-17(18)30-19(22)23)15-9-16(12-28-32(6,26)27)24(11-15)20(25)31-21(3,4)5/h7-8,10,13,15-16,19H,9,11-12H2,1-6H3/t15-,16+/m1/s1. The van der Waals surface area contributed by atoms with Crippen LogP contribution in [0.15, 0.2) is 18.2 Å². The molecule has 2 rings (SSSR count). The van der Waals surface area contributed by atoms with Gasteiger partial charge in [-0.05, 0) is 58.7 Å². The Morgan fingerprint density at radius 1 is 1.19 bits per heavy atom. The van der Waals surface area contributed by atoms with Crippen LogP contribution in [0.2, 0.25) is 0 Å². The molecule has 0 unspecified atom stereocenters. The van der Waals surface area contributed by atoms with Gasteiger partial charge in [0.25, 0.3) is 10.1 Å². The molecule has 182 valence electrons. The van der Waals surface area contributed by atoms with Crippen LogP contribution in [0.3, 0.4) is 0 Å². The molecule has 8 nitrogen and oxygen atoms in total. The van der Waals surface area contributed by atoms with Gasteiger partial charge in [0.05, 0.1) is 25.0 Å². The third-order valence-corrected chi connectivity index (χ3v) is 5.10. The Balaban J connectivity index is 2.30. The van der Waals surface area contributed by atoms with Crippen LogP contribution in [0.4, 0.5) is 13.6 Å². The van der Waals surface area contributed by atoms with Gasteiger partial charge in [0, 0.05) is 12.5 Å². The maximum atomic E-state index is 12.7. The van der Waals surface area contributed by atoms with Gasteiger partial charge in [-0.1, -0.05) is 6.07 Å². The molecule has 1 aromatic carbocycles. The van der Waals surface area contributed by atoms with Crippen molar-refractivity contribution in [2.45, 2.75) is 71.3 Å². The van der Waals surface area contributed by atoms with E-state index in [1.165, 1.54) is 11.0 Å². The van der Waals surface area contributed by atoms with Gasteiger partial charge in [-0.15, -0.1) is 0 Å². The first-order valence-corrected chi connectivity index (χ1v) is 12.1. The van der Waals surface area contributed by atoms with E-state index in [0.29, 0.717) is 6.42 Å². The van der Waals surface area contributed by atoms with Crippen LogP contribution >= 0.6 is 0 Å². The summed E-state index contributed by atoms with van der Waals surface area (Å²) in [6.45, 7) is 5.75. The first kappa shape index (κ1) is 26.1. The predicted octanol–water partition coefficient (Wildman–Crippen LogP) is 4.14. The minimum absolute atomic E-state index is 0.0867.